The molecule has 3 heteroatoms. The van der Waals surface area contributed by atoms with Crippen LogP contribution in [0.2, 0.25) is 0 Å². The summed E-state index contributed by atoms with van der Waals surface area (Å²) in [5.74, 6) is 0.553. The predicted molar refractivity (Wildman–Crippen MR) is 65.6 cm³/mol. The fourth-order valence-electron chi connectivity index (χ4n) is 1.99. The third-order valence-electron chi connectivity index (χ3n) is 3.06. The standard InChI is InChI=1S/C12H20N2S/c1-8(2)11-14-10-9(15-11)7-13-6-5-12(10,3)4/h8,13H,5-7H2,1-4H3. The Balaban J connectivity index is 2.43. The maximum Gasteiger partial charge on any atom is 0.0957 e. The summed E-state index contributed by atoms with van der Waals surface area (Å²) in [5.41, 5.74) is 1.57. The van der Waals surface area contributed by atoms with E-state index in [9.17, 15) is 0 Å². The molecule has 2 heterocycles. The lowest BCUT2D eigenvalue weighted by atomic mass is 9.86. The lowest BCUT2D eigenvalue weighted by Gasteiger charge is -2.21. The van der Waals surface area contributed by atoms with Crippen molar-refractivity contribution >= 4 is 11.3 Å². The topological polar surface area (TPSA) is 24.9 Å². The van der Waals surface area contributed by atoms with Crippen LogP contribution in [-0.4, -0.2) is 11.5 Å². The molecule has 1 aromatic rings. The maximum absolute atomic E-state index is 4.84. The number of hydrogen-bond donors (Lipinski definition) is 1. The molecule has 0 aliphatic carbocycles. The second-order valence-corrected chi connectivity index (χ2v) is 6.40. The van der Waals surface area contributed by atoms with Gasteiger partial charge in [0, 0.05) is 22.8 Å². The zero-order valence-corrected chi connectivity index (χ0v) is 10.9. The Kier molecular flexibility index (Phi) is 2.86. The Morgan fingerprint density at radius 3 is 2.80 bits per heavy atom. The molecule has 0 amide bonds. The minimum Gasteiger partial charge on any atom is -0.312 e. The summed E-state index contributed by atoms with van der Waals surface area (Å²) in [4.78, 5) is 6.29. The molecule has 2 nitrogen and oxygen atoms in total. The number of aromatic nitrogens is 1. The monoisotopic (exact) mass is 224 g/mol. The van der Waals surface area contributed by atoms with Gasteiger partial charge >= 0.3 is 0 Å². The molecule has 0 radical (unpaired) electrons. The fraction of sp³-hybridized carbons (Fsp3) is 0.750. The fourth-order valence-corrected chi connectivity index (χ4v) is 3.20. The van der Waals surface area contributed by atoms with Crippen LogP contribution in [0.5, 0.6) is 0 Å². The van der Waals surface area contributed by atoms with Gasteiger partial charge in [-0.25, -0.2) is 4.98 Å². The lowest BCUT2D eigenvalue weighted by molar-refractivity contribution is 0.465. The smallest absolute Gasteiger partial charge is 0.0957 e. The van der Waals surface area contributed by atoms with Crippen molar-refractivity contribution < 1.29 is 0 Å². The largest absolute Gasteiger partial charge is 0.312 e. The van der Waals surface area contributed by atoms with Crippen molar-refractivity contribution in [3.05, 3.63) is 15.6 Å². The predicted octanol–water partition coefficient (Wildman–Crippen LogP) is 3.04. The van der Waals surface area contributed by atoms with Crippen LogP contribution in [0.4, 0.5) is 0 Å². The molecule has 0 atom stereocenters. The zero-order chi connectivity index (χ0) is 11.1. The summed E-state index contributed by atoms with van der Waals surface area (Å²) in [6.07, 6.45) is 1.18. The summed E-state index contributed by atoms with van der Waals surface area (Å²) >= 11 is 1.89. The Labute approximate surface area is 96.1 Å². The molecule has 0 bridgehead atoms. The molecule has 1 aliphatic rings. The SMILES string of the molecule is CC(C)c1nc2c(s1)CNCCC2(C)C. The molecular formula is C12H20N2S. The average molecular weight is 224 g/mol. The van der Waals surface area contributed by atoms with Gasteiger partial charge in [-0.1, -0.05) is 27.7 Å². The molecule has 1 aromatic heterocycles. The summed E-state index contributed by atoms with van der Waals surface area (Å²) < 4.78 is 0. The molecule has 2 rings (SSSR count). The number of hydrogen-bond acceptors (Lipinski definition) is 3. The summed E-state index contributed by atoms with van der Waals surface area (Å²) in [6.45, 7) is 11.2. The minimum absolute atomic E-state index is 0.239. The van der Waals surface area contributed by atoms with Crippen LogP contribution in [0.3, 0.4) is 0 Å². The van der Waals surface area contributed by atoms with Crippen molar-refractivity contribution in [2.45, 2.75) is 52.0 Å². The zero-order valence-electron chi connectivity index (χ0n) is 10.1. The first-order chi connectivity index (χ1) is 7.00. The van der Waals surface area contributed by atoms with Crippen molar-refractivity contribution in [3.63, 3.8) is 0 Å². The summed E-state index contributed by atoms with van der Waals surface area (Å²) in [7, 11) is 0. The highest BCUT2D eigenvalue weighted by Crippen LogP contribution is 2.35. The van der Waals surface area contributed by atoms with Gasteiger partial charge in [0.15, 0.2) is 0 Å². The number of fused-ring (bicyclic) bond motifs is 1. The van der Waals surface area contributed by atoms with E-state index in [2.05, 4.69) is 33.0 Å². The number of thiazole rings is 1. The molecule has 1 N–H and O–H groups in total. The van der Waals surface area contributed by atoms with E-state index in [1.807, 2.05) is 11.3 Å². The number of nitrogens with zero attached hydrogens (tertiary/aromatic N) is 1. The van der Waals surface area contributed by atoms with Crippen LogP contribution in [-0.2, 0) is 12.0 Å². The van der Waals surface area contributed by atoms with Crippen LogP contribution >= 0.6 is 11.3 Å². The highest BCUT2D eigenvalue weighted by molar-refractivity contribution is 7.11. The molecule has 0 spiro atoms. The van der Waals surface area contributed by atoms with Crippen molar-refractivity contribution in [2.24, 2.45) is 0 Å². The molecule has 15 heavy (non-hydrogen) atoms. The van der Waals surface area contributed by atoms with Crippen LogP contribution in [0, 0.1) is 0 Å². The van der Waals surface area contributed by atoms with Gasteiger partial charge in [0.25, 0.3) is 0 Å². The van der Waals surface area contributed by atoms with E-state index in [1.165, 1.54) is 22.0 Å². The highest BCUT2D eigenvalue weighted by atomic mass is 32.1. The maximum atomic E-state index is 4.84. The van der Waals surface area contributed by atoms with Gasteiger partial charge in [-0.05, 0) is 13.0 Å². The summed E-state index contributed by atoms with van der Waals surface area (Å²) in [5, 5.41) is 4.77. The Hall–Kier alpha value is -0.410. The average Bonchev–Trinajstić information content (AvgIpc) is 2.52. The lowest BCUT2D eigenvalue weighted by Crippen LogP contribution is -2.21. The van der Waals surface area contributed by atoms with E-state index in [1.54, 1.807) is 0 Å². The molecule has 1 aliphatic heterocycles. The molecule has 0 unspecified atom stereocenters. The van der Waals surface area contributed by atoms with Crippen molar-refractivity contribution in [3.8, 4) is 0 Å². The molecule has 0 saturated carbocycles. The van der Waals surface area contributed by atoms with Crippen molar-refractivity contribution in [1.82, 2.24) is 10.3 Å². The Bertz CT molecular complexity index is 353. The third kappa shape index (κ3) is 2.08. The van der Waals surface area contributed by atoms with Gasteiger partial charge in [0.2, 0.25) is 0 Å². The number of nitrogens with one attached hydrogen (secondary N) is 1. The molecule has 0 aromatic carbocycles. The van der Waals surface area contributed by atoms with E-state index in [0.29, 0.717) is 5.92 Å². The Morgan fingerprint density at radius 1 is 1.40 bits per heavy atom. The van der Waals surface area contributed by atoms with Crippen LogP contribution in [0.1, 0.15) is 55.6 Å². The van der Waals surface area contributed by atoms with Gasteiger partial charge in [-0.2, -0.15) is 0 Å². The van der Waals surface area contributed by atoms with Gasteiger partial charge < -0.3 is 5.32 Å². The third-order valence-corrected chi connectivity index (χ3v) is 4.42. The molecule has 0 saturated heterocycles. The van der Waals surface area contributed by atoms with Crippen LogP contribution < -0.4 is 5.32 Å². The normalized spacial score (nSPS) is 20.1. The van der Waals surface area contributed by atoms with Gasteiger partial charge in [0.1, 0.15) is 0 Å². The molecule has 84 valence electrons. The van der Waals surface area contributed by atoms with Gasteiger partial charge in [-0.15, -0.1) is 11.3 Å². The first-order valence-corrected chi connectivity index (χ1v) is 6.53. The second-order valence-electron chi connectivity index (χ2n) is 5.29. The van der Waals surface area contributed by atoms with Gasteiger partial charge in [0.05, 0.1) is 10.7 Å². The molecule has 0 fully saturated rings. The number of rotatable bonds is 1. The first kappa shape index (κ1) is 11.1. The van der Waals surface area contributed by atoms with E-state index in [-0.39, 0.29) is 5.41 Å². The van der Waals surface area contributed by atoms with E-state index in [0.717, 1.165) is 13.1 Å². The minimum atomic E-state index is 0.239. The van der Waals surface area contributed by atoms with Crippen molar-refractivity contribution in [1.29, 1.82) is 0 Å². The van der Waals surface area contributed by atoms with E-state index in [4.69, 9.17) is 4.98 Å². The second kappa shape index (κ2) is 3.87. The van der Waals surface area contributed by atoms with Crippen LogP contribution in [0.15, 0.2) is 0 Å². The van der Waals surface area contributed by atoms with Crippen molar-refractivity contribution in [2.75, 3.05) is 6.54 Å². The Morgan fingerprint density at radius 2 is 2.13 bits per heavy atom. The van der Waals surface area contributed by atoms with E-state index < -0.39 is 0 Å². The quantitative estimate of drug-likeness (QED) is 0.793. The van der Waals surface area contributed by atoms with Gasteiger partial charge in [-0.3, -0.25) is 0 Å². The van der Waals surface area contributed by atoms with E-state index >= 15 is 0 Å². The first-order valence-electron chi connectivity index (χ1n) is 5.71. The highest BCUT2D eigenvalue weighted by Gasteiger charge is 2.29. The summed E-state index contributed by atoms with van der Waals surface area (Å²) in [6, 6.07) is 0. The molecular weight excluding hydrogens is 204 g/mol. The van der Waals surface area contributed by atoms with Crippen LogP contribution in [0.25, 0.3) is 0 Å².